The molecule has 0 amide bonds. The number of hydrogen-bond acceptors (Lipinski definition) is 1. The molecule has 19 heavy (non-hydrogen) atoms. The van der Waals surface area contributed by atoms with Crippen molar-refractivity contribution in [2.75, 3.05) is 5.88 Å². The summed E-state index contributed by atoms with van der Waals surface area (Å²) >= 11 is 1.93. The number of nitrogens with zero attached hydrogens (tertiary/aromatic N) is 1. The third-order valence-electron chi connectivity index (χ3n) is 3.55. The average molecular weight is 268 g/mol. The minimum atomic E-state index is 0.988. The van der Waals surface area contributed by atoms with Gasteiger partial charge >= 0.3 is 0 Å². The first-order valence-corrected chi connectivity index (χ1v) is 7.55. The molecule has 1 nitrogen and oxygen atoms in total. The quantitative estimate of drug-likeness (QED) is 0.691. The minimum Gasteiger partial charge on any atom is -0.188 e. The van der Waals surface area contributed by atoms with Gasteiger partial charge in [0, 0.05) is 16.5 Å². The Morgan fingerprint density at radius 2 is 1.84 bits per heavy atom. The highest BCUT2D eigenvalue weighted by Crippen LogP contribution is 2.32. The number of hydrogen-bond donors (Lipinski definition) is 0. The zero-order chi connectivity index (χ0) is 13.4. The number of thioether (sulfide) groups is 1. The van der Waals surface area contributed by atoms with E-state index < -0.39 is 0 Å². The maximum absolute atomic E-state index is 2.35. The van der Waals surface area contributed by atoms with Gasteiger partial charge in [-0.15, -0.1) is 0 Å². The van der Waals surface area contributed by atoms with E-state index in [-0.39, 0.29) is 0 Å². The normalized spacial score (nSPS) is 13.9. The molecule has 96 valence electrons. The predicted molar refractivity (Wildman–Crippen MR) is 82.9 cm³/mol. The number of rotatable bonds is 1. The fraction of sp³-hybridized carbons (Fsp3) is 0.235. The molecule has 0 saturated carbocycles. The second-order valence-corrected chi connectivity index (χ2v) is 6.11. The maximum Gasteiger partial charge on any atom is 0.208 e. The van der Waals surface area contributed by atoms with Crippen LogP contribution in [0.4, 0.5) is 5.69 Å². The first-order valence-electron chi connectivity index (χ1n) is 6.56. The highest BCUT2D eigenvalue weighted by molar-refractivity contribution is 7.99. The van der Waals surface area contributed by atoms with Crippen LogP contribution in [0.15, 0.2) is 41.3 Å². The Hall–Kier alpha value is -1.54. The van der Waals surface area contributed by atoms with Gasteiger partial charge < -0.3 is 0 Å². The van der Waals surface area contributed by atoms with Crippen molar-refractivity contribution >= 4 is 23.7 Å². The summed E-state index contributed by atoms with van der Waals surface area (Å²) in [6.07, 6.45) is 2.27. The van der Waals surface area contributed by atoms with Crippen LogP contribution in [0.1, 0.15) is 22.3 Å². The summed E-state index contributed by atoms with van der Waals surface area (Å²) in [6.45, 7) is 6.52. The SMILES string of the molecule is Cc1ccc([N+]2=Cc3cccc(C)c3SC2)c(C)c1. The molecule has 0 radical (unpaired) electrons. The summed E-state index contributed by atoms with van der Waals surface area (Å²) in [5.41, 5.74) is 6.68. The molecule has 0 atom stereocenters. The van der Waals surface area contributed by atoms with E-state index in [1.54, 1.807) is 0 Å². The number of fused-ring (bicyclic) bond motifs is 1. The molecule has 1 aliphatic heterocycles. The molecular weight excluding hydrogens is 250 g/mol. The van der Waals surface area contributed by atoms with Gasteiger partial charge in [-0.3, -0.25) is 0 Å². The van der Waals surface area contributed by atoms with Crippen molar-refractivity contribution < 1.29 is 4.58 Å². The Balaban J connectivity index is 2.08. The van der Waals surface area contributed by atoms with Crippen molar-refractivity contribution in [1.29, 1.82) is 0 Å². The molecule has 2 heteroatoms. The highest BCUT2D eigenvalue weighted by Gasteiger charge is 2.20. The van der Waals surface area contributed by atoms with Gasteiger partial charge in [0.2, 0.25) is 5.69 Å². The molecule has 0 saturated heterocycles. The molecule has 0 N–H and O–H groups in total. The zero-order valence-corrected chi connectivity index (χ0v) is 12.4. The fourth-order valence-corrected chi connectivity index (χ4v) is 3.64. The molecule has 0 aromatic heterocycles. The monoisotopic (exact) mass is 268 g/mol. The molecule has 0 aliphatic carbocycles. The molecule has 2 aromatic rings. The van der Waals surface area contributed by atoms with Crippen LogP contribution < -0.4 is 0 Å². The standard InChI is InChI=1S/C17H18NS/c1-12-7-8-16(14(3)9-12)18-10-15-6-4-5-13(2)17(15)19-11-18/h4-10H,11H2,1-3H3/q+1. The van der Waals surface area contributed by atoms with Crippen LogP contribution in [0.25, 0.3) is 0 Å². The lowest BCUT2D eigenvalue weighted by Gasteiger charge is -2.14. The molecule has 2 aromatic carbocycles. The van der Waals surface area contributed by atoms with Crippen molar-refractivity contribution in [3.63, 3.8) is 0 Å². The van der Waals surface area contributed by atoms with E-state index in [0.29, 0.717) is 0 Å². The molecule has 0 fully saturated rings. The topological polar surface area (TPSA) is 3.01 Å². The average Bonchev–Trinajstić information content (AvgIpc) is 2.38. The summed E-state index contributed by atoms with van der Waals surface area (Å²) < 4.78 is 2.35. The van der Waals surface area contributed by atoms with Crippen LogP contribution >= 0.6 is 11.8 Å². The molecule has 1 heterocycles. The van der Waals surface area contributed by atoms with Crippen molar-refractivity contribution in [3.8, 4) is 0 Å². The third-order valence-corrected chi connectivity index (χ3v) is 4.80. The van der Waals surface area contributed by atoms with Gasteiger partial charge in [0.05, 0.1) is 5.56 Å². The lowest BCUT2D eigenvalue weighted by atomic mass is 10.1. The van der Waals surface area contributed by atoms with Crippen molar-refractivity contribution in [2.24, 2.45) is 0 Å². The summed E-state index contributed by atoms with van der Waals surface area (Å²) in [4.78, 5) is 1.42. The van der Waals surface area contributed by atoms with Gasteiger partial charge in [-0.2, -0.15) is 4.58 Å². The summed E-state index contributed by atoms with van der Waals surface area (Å²) in [7, 11) is 0. The van der Waals surface area contributed by atoms with E-state index in [0.717, 1.165) is 5.88 Å². The van der Waals surface area contributed by atoms with E-state index in [9.17, 15) is 0 Å². The van der Waals surface area contributed by atoms with Crippen LogP contribution in [0.2, 0.25) is 0 Å². The minimum absolute atomic E-state index is 0.988. The Kier molecular flexibility index (Phi) is 3.19. The predicted octanol–water partition coefficient (Wildman–Crippen LogP) is 4.44. The van der Waals surface area contributed by atoms with Crippen LogP contribution in [0.5, 0.6) is 0 Å². The summed E-state index contributed by atoms with van der Waals surface area (Å²) in [5, 5.41) is 0. The van der Waals surface area contributed by atoms with Crippen LogP contribution in [-0.2, 0) is 0 Å². The molecule has 0 spiro atoms. The number of aryl methyl sites for hydroxylation is 3. The lowest BCUT2D eigenvalue weighted by molar-refractivity contribution is -0.411. The second kappa shape index (κ2) is 4.86. The Labute approximate surface area is 119 Å². The largest absolute Gasteiger partial charge is 0.208 e. The van der Waals surface area contributed by atoms with Gasteiger partial charge in [-0.05, 0) is 38.5 Å². The molecule has 0 bridgehead atoms. The van der Waals surface area contributed by atoms with Crippen molar-refractivity contribution in [3.05, 3.63) is 58.7 Å². The van der Waals surface area contributed by atoms with Gasteiger partial charge in [0.1, 0.15) is 0 Å². The summed E-state index contributed by atoms with van der Waals surface area (Å²) in [6, 6.07) is 13.2. The van der Waals surface area contributed by atoms with Crippen LogP contribution in [0, 0.1) is 20.8 Å². The Morgan fingerprint density at radius 1 is 1.00 bits per heavy atom. The van der Waals surface area contributed by atoms with E-state index in [4.69, 9.17) is 0 Å². The smallest absolute Gasteiger partial charge is 0.188 e. The zero-order valence-electron chi connectivity index (χ0n) is 11.6. The third kappa shape index (κ3) is 2.33. The van der Waals surface area contributed by atoms with Crippen LogP contribution in [-0.4, -0.2) is 16.7 Å². The molecule has 1 aliphatic rings. The van der Waals surface area contributed by atoms with E-state index in [2.05, 4.69) is 68.0 Å². The van der Waals surface area contributed by atoms with E-state index in [1.807, 2.05) is 11.8 Å². The lowest BCUT2D eigenvalue weighted by Crippen LogP contribution is -2.14. The Bertz CT molecular complexity index is 671. The fourth-order valence-electron chi connectivity index (χ4n) is 2.58. The van der Waals surface area contributed by atoms with E-state index in [1.165, 1.54) is 32.8 Å². The van der Waals surface area contributed by atoms with Crippen LogP contribution in [0.3, 0.4) is 0 Å². The molecule has 3 rings (SSSR count). The summed E-state index contributed by atoms with van der Waals surface area (Å²) in [5.74, 6) is 0.988. The molecular formula is C17H18NS+. The first kappa shape index (κ1) is 12.5. The Morgan fingerprint density at radius 3 is 2.63 bits per heavy atom. The maximum atomic E-state index is 2.35. The van der Waals surface area contributed by atoms with Crippen molar-refractivity contribution in [1.82, 2.24) is 0 Å². The van der Waals surface area contributed by atoms with E-state index >= 15 is 0 Å². The second-order valence-electron chi connectivity index (χ2n) is 5.16. The van der Waals surface area contributed by atoms with Gasteiger partial charge in [-0.1, -0.05) is 35.5 Å². The van der Waals surface area contributed by atoms with Crippen molar-refractivity contribution in [2.45, 2.75) is 25.7 Å². The number of benzene rings is 2. The van der Waals surface area contributed by atoms with Gasteiger partial charge in [-0.25, -0.2) is 0 Å². The van der Waals surface area contributed by atoms with Gasteiger partial charge in [0.25, 0.3) is 0 Å². The highest BCUT2D eigenvalue weighted by atomic mass is 32.2. The molecule has 0 unspecified atom stereocenters. The van der Waals surface area contributed by atoms with Gasteiger partial charge in [0.15, 0.2) is 12.1 Å². The first-order chi connectivity index (χ1) is 9.15.